The van der Waals surface area contributed by atoms with Gasteiger partial charge in [0.2, 0.25) is 0 Å². The van der Waals surface area contributed by atoms with Gasteiger partial charge in [-0.3, -0.25) is 0 Å². The molecule has 0 aromatic heterocycles. The lowest BCUT2D eigenvalue weighted by atomic mass is 10.00. The Morgan fingerprint density at radius 3 is 1.95 bits per heavy atom. The Kier molecular flexibility index (Phi) is 9.55. The Morgan fingerprint density at radius 1 is 0.714 bits per heavy atom. The van der Waals surface area contributed by atoms with Gasteiger partial charge in [-0.25, -0.2) is 17.6 Å². The van der Waals surface area contributed by atoms with Gasteiger partial charge in [0.1, 0.15) is 17.4 Å². The van der Waals surface area contributed by atoms with Crippen molar-refractivity contribution >= 4 is 0 Å². The highest BCUT2D eigenvalue weighted by molar-refractivity contribution is 5.67. The number of unbranched alkanes of at least 4 members (excludes halogenated alkanes) is 2. The number of benzene rings is 4. The highest BCUT2D eigenvalue weighted by Gasteiger charge is 2.38. The molecule has 4 aromatic carbocycles. The third-order valence-electron chi connectivity index (χ3n) is 6.40. The summed E-state index contributed by atoms with van der Waals surface area (Å²) in [6.07, 6.45) is -2.55. The second-order valence-corrected chi connectivity index (χ2v) is 9.40. The Labute approximate surface area is 236 Å². The minimum atomic E-state index is -4.20. The van der Waals surface area contributed by atoms with E-state index in [0.29, 0.717) is 29.3 Å². The number of hydrogen-bond acceptors (Lipinski definition) is 2. The average Bonchev–Trinajstić information content (AvgIpc) is 2.92. The summed E-state index contributed by atoms with van der Waals surface area (Å²) < 4.78 is 121. The molecule has 0 aliphatic heterocycles. The Hall–Kier alpha value is -4.34. The molecule has 0 radical (unpaired) electrons. The largest absolute Gasteiger partial charge is 0.453 e. The Bertz CT molecular complexity index is 1560. The summed E-state index contributed by atoms with van der Waals surface area (Å²) in [5.41, 5.74) is 0.281. The van der Waals surface area contributed by atoms with E-state index >= 15 is 0 Å². The van der Waals surface area contributed by atoms with Crippen LogP contribution in [0.15, 0.2) is 85.1 Å². The van der Waals surface area contributed by atoms with Crippen molar-refractivity contribution in [1.82, 2.24) is 0 Å². The summed E-state index contributed by atoms with van der Waals surface area (Å²) >= 11 is 0. The van der Waals surface area contributed by atoms with Crippen molar-refractivity contribution < 1.29 is 44.6 Å². The van der Waals surface area contributed by atoms with E-state index in [1.807, 2.05) is 12.1 Å². The van der Waals surface area contributed by atoms with E-state index in [9.17, 15) is 35.1 Å². The number of hydrogen-bond donors (Lipinski definition) is 0. The maximum atomic E-state index is 14.9. The second-order valence-electron chi connectivity index (χ2n) is 9.40. The number of halogens is 8. The first-order valence-electron chi connectivity index (χ1n) is 12.9. The molecule has 0 fully saturated rings. The smallest absolute Gasteiger partial charge is 0.429 e. The molecule has 0 bridgehead atoms. The molecule has 2 nitrogen and oxygen atoms in total. The number of alkyl halides is 2. The van der Waals surface area contributed by atoms with Gasteiger partial charge >= 0.3 is 12.2 Å². The van der Waals surface area contributed by atoms with E-state index in [1.54, 1.807) is 12.1 Å². The molecule has 0 saturated carbocycles. The van der Waals surface area contributed by atoms with Crippen LogP contribution in [0.3, 0.4) is 0 Å². The monoisotopic (exact) mass is 592 g/mol. The zero-order chi connectivity index (χ0) is 30.4. The van der Waals surface area contributed by atoms with Gasteiger partial charge in [-0.05, 0) is 71.5 Å². The van der Waals surface area contributed by atoms with Crippen molar-refractivity contribution in [2.75, 3.05) is 0 Å². The summed E-state index contributed by atoms with van der Waals surface area (Å²) in [4.78, 5) is 0. The zero-order valence-corrected chi connectivity index (χ0v) is 22.2. The van der Waals surface area contributed by atoms with Gasteiger partial charge in [0, 0.05) is 11.6 Å². The highest BCUT2D eigenvalue weighted by Crippen LogP contribution is 2.37. The summed E-state index contributed by atoms with van der Waals surface area (Å²) in [6.45, 7) is 2.11. The van der Waals surface area contributed by atoms with Crippen molar-refractivity contribution in [3.8, 4) is 33.8 Å². The van der Waals surface area contributed by atoms with E-state index < -0.39 is 58.1 Å². The van der Waals surface area contributed by atoms with Crippen LogP contribution >= 0.6 is 0 Å². The summed E-state index contributed by atoms with van der Waals surface area (Å²) in [7, 11) is 0. The molecular weight excluding hydrogens is 568 g/mol. The topological polar surface area (TPSA) is 18.5 Å². The van der Waals surface area contributed by atoms with Crippen LogP contribution in [0.4, 0.5) is 35.1 Å². The third-order valence-corrected chi connectivity index (χ3v) is 6.40. The molecular formula is C32H24F8O2. The lowest BCUT2D eigenvalue weighted by Crippen LogP contribution is -2.23. The summed E-state index contributed by atoms with van der Waals surface area (Å²) in [6, 6.07) is 14.1. The first-order chi connectivity index (χ1) is 20.0. The lowest BCUT2D eigenvalue weighted by molar-refractivity contribution is -0.187. The van der Waals surface area contributed by atoms with Crippen LogP contribution in [0.1, 0.15) is 37.3 Å². The average molecular weight is 593 g/mol. The molecule has 4 rings (SSSR count). The normalized spacial score (nSPS) is 11.4. The summed E-state index contributed by atoms with van der Waals surface area (Å²) in [5, 5.41) is 0. The maximum absolute atomic E-state index is 14.9. The van der Waals surface area contributed by atoms with Crippen LogP contribution in [0.25, 0.3) is 22.3 Å². The van der Waals surface area contributed by atoms with E-state index in [2.05, 4.69) is 16.4 Å². The first-order valence-corrected chi connectivity index (χ1v) is 12.9. The molecule has 220 valence electrons. The standard InChI is InChI=1S/C32H24F8O2/c1-2-3-4-5-19-6-8-20(9-7-19)21-10-13-25(27(34)14-21)32(39,40)42-23-11-12-24(26(33)17-23)22-15-28(35)31(29(36)16-22)41-18-30(37)38/h6-18H,2-5H2,1H3. The summed E-state index contributed by atoms with van der Waals surface area (Å²) in [5.74, 6) is -7.07. The molecule has 0 aliphatic rings. The van der Waals surface area contributed by atoms with Crippen LogP contribution in [0.5, 0.6) is 11.5 Å². The Morgan fingerprint density at radius 2 is 1.36 bits per heavy atom. The molecule has 4 aromatic rings. The molecule has 0 N–H and O–H groups in total. The number of rotatable bonds is 11. The maximum Gasteiger partial charge on any atom is 0.429 e. The second kappa shape index (κ2) is 13.1. The van der Waals surface area contributed by atoms with Crippen LogP contribution in [0.2, 0.25) is 0 Å². The van der Waals surface area contributed by atoms with Crippen LogP contribution in [-0.4, -0.2) is 0 Å². The molecule has 0 saturated heterocycles. The molecule has 0 amide bonds. The van der Waals surface area contributed by atoms with Gasteiger partial charge in [-0.15, -0.1) is 0 Å². The minimum absolute atomic E-state index is 0.170. The van der Waals surface area contributed by atoms with Gasteiger partial charge in [0.25, 0.3) is 0 Å². The van der Waals surface area contributed by atoms with Gasteiger partial charge in [0.05, 0.1) is 5.56 Å². The van der Waals surface area contributed by atoms with E-state index in [1.165, 1.54) is 6.07 Å². The van der Waals surface area contributed by atoms with Crippen LogP contribution in [0, 0.1) is 23.3 Å². The SMILES string of the molecule is CCCCCc1ccc(-c2ccc(C(F)(F)Oc3ccc(-c4cc(F)c(OC=C(F)F)c(F)c4)c(F)c3)c(F)c2)cc1. The molecule has 0 atom stereocenters. The van der Waals surface area contributed by atoms with E-state index in [4.69, 9.17) is 0 Å². The molecule has 0 unspecified atom stereocenters. The van der Waals surface area contributed by atoms with E-state index in [0.717, 1.165) is 55.5 Å². The van der Waals surface area contributed by atoms with Crippen LogP contribution < -0.4 is 9.47 Å². The Balaban J connectivity index is 1.51. The predicted octanol–water partition coefficient (Wildman–Crippen LogP) is 10.6. The number of ether oxygens (including phenoxy) is 2. The highest BCUT2D eigenvalue weighted by atomic mass is 19.3. The first kappa shape index (κ1) is 30.6. The van der Waals surface area contributed by atoms with Crippen molar-refractivity contribution in [1.29, 1.82) is 0 Å². The molecule has 0 spiro atoms. The minimum Gasteiger partial charge on any atom is -0.453 e. The molecule has 42 heavy (non-hydrogen) atoms. The van der Waals surface area contributed by atoms with Crippen molar-refractivity contribution in [2.45, 2.75) is 38.7 Å². The fourth-order valence-electron chi connectivity index (χ4n) is 4.30. The van der Waals surface area contributed by atoms with Gasteiger partial charge < -0.3 is 9.47 Å². The fraction of sp³-hybridized carbons (Fsp3) is 0.188. The van der Waals surface area contributed by atoms with Gasteiger partial charge in [-0.2, -0.15) is 17.6 Å². The number of aryl methyl sites for hydroxylation is 1. The molecule has 0 aliphatic carbocycles. The van der Waals surface area contributed by atoms with Gasteiger partial charge in [0.15, 0.2) is 23.6 Å². The zero-order valence-electron chi connectivity index (χ0n) is 22.2. The van der Waals surface area contributed by atoms with Gasteiger partial charge in [-0.1, -0.05) is 50.1 Å². The quantitative estimate of drug-likeness (QED) is 0.0980. The van der Waals surface area contributed by atoms with Crippen molar-refractivity contribution in [3.05, 3.63) is 120 Å². The molecule has 10 heteroatoms. The molecule has 0 heterocycles. The van der Waals surface area contributed by atoms with Crippen molar-refractivity contribution in [3.63, 3.8) is 0 Å². The lowest BCUT2D eigenvalue weighted by Gasteiger charge is -2.20. The predicted molar refractivity (Wildman–Crippen MR) is 142 cm³/mol. The van der Waals surface area contributed by atoms with E-state index in [-0.39, 0.29) is 11.8 Å². The fourth-order valence-corrected chi connectivity index (χ4v) is 4.30. The van der Waals surface area contributed by atoms with Crippen molar-refractivity contribution in [2.24, 2.45) is 0 Å². The van der Waals surface area contributed by atoms with Crippen LogP contribution in [-0.2, 0) is 12.5 Å². The third kappa shape index (κ3) is 7.29.